The number of pyridine rings is 1. The van der Waals surface area contributed by atoms with Gasteiger partial charge in [-0.2, -0.15) is 4.98 Å². The Morgan fingerprint density at radius 1 is 1.50 bits per heavy atom. The van der Waals surface area contributed by atoms with Crippen LogP contribution in [0.4, 0.5) is 11.5 Å². The van der Waals surface area contributed by atoms with Crippen molar-refractivity contribution >= 4 is 11.5 Å². The van der Waals surface area contributed by atoms with Crippen molar-refractivity contribution in [3.05, 3.63) is 12.1 Å². The van der Waals surface area contributed by atoms with E-state index in [2.05, 4.69) is 17.2 Å². The van der Waals surface area contributed by atoms with Gasteiger partial charge in [-0.05, 0) is 37.8 Å². The number of nitrogen functional groups attached to an aromatic ring is 1. The number of nitrogens with two attached hydrogens (primary N) is 1. The molecular formula is C12H19N3O. The number of aromatic nitrogens is 1. The van der Waals surface area contributed by atoms with Crippen LogP contribution in [0.5, 0.6) is 5.88 Å². The van der Waals surface area contributed by atoms with E-state index in [0.29, 0.717) is 11.6 Å². The molecule has 0 amide bonds. The normalized spacial score (nSPS) is 17.6. The molecule has 2 rings (SSSR count). The summed E-state index contributed by atoms with van der Waals surface area (Å²) < 4.78 is 5.11. The van der Waals surface area contributed by atoms with Crippen LogP contribution in [0.1, 0.15) is 32.6 Å². The average Bonchev–Trinajstić information content (AvgIpc) is 2.25. The summed E-state index contributed by atoms with van der Waals surface area (Å²) in [5, 5.41) is 3.50. The number of hydrogen-bond acceptors (Lipinski definition) is 4. The number of anilines is 2. The van der Waals surface area contributed by atoms with E-state index in [4.69, 9.17) is 10.5 Å². The fourth-order valence-corrected chi connectivity index (χ4v) is 2.13. The lowest BCUT2D eigenvalue weighted by atomic mass is 9.75. The second-order valence-corrected chi connectivity index (χ2v) is 4.41. The Hall–Kier alpha value is -1.45. The number of ether oxygens (including phenoxy) is 1. The summed E-state index contributed by atoms with van der Waals surface area (Å²) in [6, 6.07) is 3.74. The standard InChI is InChI=1S/C12H19N3O/c1-3-12(7-4-8-12)15-10-6-5-9(13)11(14-10)16-2/h5-6H,3-4,7-8,13H2,1-2H3,(H,14,15). The second-order valence-electron chi connectivity index (χ2n) is 4.41. The summed E-state index contributed by atoms with van der Waals surface area (Å²) in [6.07, 6.45) is 4.87. The van der Waals surface area contributed by atoms with Crippen molar-refractivity contribution in [2.24, 2.45) is 0 Å². The molecule has 1 aliphatic rings. The van der Waals surface area contributed by atoms with Gasteiger partial charge in [0.25, 0.3) is 0 Å². The van der Waals surface area contributed by atoms with E-state index in [0.717, 1.165) is 12.2 Å². The van der Waals surface area contributed by atoms with Gasteiger partial charge < -0.3 is 15.8 Å². The first kappa shape index (κ1) is 11.0. The molecule has 0 saturated heterocycles. The molecule has 0 bridgehead atoms. The maximum atomic E-state index is 5.73. The first-order chi connectivity index (χ1) is 7.69. The highest BCUT2D eigenvalue weighted by Gasteiger charge is 2.35. The molecular weight excluding hydrogens is 202 g/mol. The molecule has 1 aromatic rings. The van der Waals surface area contributed by atoms with E-state index in [1.165, 1.54) is 19.3 Å². The highest BCUT2D eigenvalue weighted by Crippen LogP contribution is 2.38. The first-order valence-electron chi connectivity index (χ1n) is 5.78. The van der Waals surface area contributed by atoms with Crippen LogP contribution in [-0.4, -0.2) is 17.6 Å². The van der Waals surface area contributed by atoms with Gasteiger partial charge in [-0.25, -0.2) is 0 Å². The first-order valence-corrected chi connectivity index (χ1v) is 5.78. The molecule has 1 saturated carbocycles. The molecule has 4 heteroatoms. The highest BCUT2D eigenvalue weighted by molar-refractivity contribution is 5.54. The fourth-order valence-electron chi connectivity index (χ4n) is 2.13. The molecule has 1 heterocycles. The molecule has 0 spiro atoms. The third-order valence-electron chi connectivity index (χ3n) is 3.46. The molecule has 0 radical (unpaired) electrons. The summed E-state index contributed by atoms with van der Waals surface area (Å²) in [7, 11) is 1.58. The summed E-state index contributed by atoms with van der Waals surface area (Å²) in [6.45, 7) is 2.21. The second kappa shape index (κ2) is 4.20. The number of hydrogen-bond donors (Lipinski definition) is 2. The van der Waals surface area contributed by atoms with E-state index < -0.39 is 0 Å². The summed E-state index contributed by atoms with van der Waals surface area (Å²) >= 11 is 0. The Morgan fingerprint density at radius 2 is 2.25 bits per heavy atom. The number of nitrogens with one attached hydrogen (secondary N) is 1. The molecule has 4 nitrogen and oxygen atoms in total. The molecule has 1 aliphatic carbocycles. The van der Waals surface area contributed by atoms with Gasteiger partial charge in [0.2, 0.25) is 5.88 Å². The molecule has 16 heavy (non-hydrogen) atoms. The van der Waals surface area contributed by atoms with Crippen molar-refractivity contribution < 1.29 is 4.74 Å². The molecule has 0 unspecified atom stereocenters. The highest BCUT2D eigenvalue weighted by atomic mass is 16.5. The van der Waals surface area contributed by atoms with Crippen LogP contribution in [0.2, 0.25) is 0 Å². The van der Waals surface area contributed by atoms with Gasteiger partial charge in [-0.1, -0.05) is 6.92 Å². The van der Waals surface area contributed by atoms with Crippen molar-refractivity contribution in [2.45, 2.75) is 38.1 Å². The minimum atomic E-state index is 0.244. The summed E-state index contributed by atoms with van der Waals surface area (Å²) in [5.74, 6) is 1.35. The van der Waals surface area contributed by atoms with Gasteiger partial charge in [0.05, 0.1) is 12.8 Å². The molecule has 1 fully saturated rings. The van der Waals surface area contributed by atoms with Crippen LogP contribution in [0.25, 0.3) is 0 Å². The van der Waals surface area contributed by atoms with E-state index in [1.54, 1.807) is 7.11 Å². The Kier molecular flexibility index (Phi) is 2.90. The monoisotopic (exact) mass is 221 g/mol. The van der Waals surface area contributed by atoms with Crippen LogP contribution in [0.15, 0.2) is 12.1 Å². The molecule has 1 aromatic heterocycles. The van der Waals surface area contributed by atoms with E-state index >= 15 is 0 Å². The molecule has 88 valence electrons. The van der Waals surface area contributed by atoms with E-state index in [-0.39, 0.29) is 5.54 Å². The van der Waals surface area contributed by atoms with Crippen LogP contribution in [-0.2, 0) is 0 Å². The third-order valence-corrected chi connectivity index (χ3v) is 3.46. The van der Waals surface area contributed by atoms with Crippen LogP contribution >= 0.6 is 0 Å². The zero-order valence-corrected chi connectivity index (χ0v) is 9.92. The van der Waals surface area contributed by atoms with Gasteiger partial charge in [0.1, 0.15) is 5.82 Å². The third kappa shape index (κ3) is 1.92. The van der Waals surface area contributed by atoms with Gasteiger partial charge in [-0.3, -0.25) is 0 Å². The number of rotatable bonds is 4. The minimum Gasteiger partial charge on any atom is -0.479 e. The average molecular weight is 221 g/mol. The predicted molar refractivity (Wildman–Crippen MR) is 65.7 cm³/mol. The lowest BCUT2D eigenvalue weighted by Crippen LogP contribution is -2.44. The Morgan fingerprint density at radius 3 is 2.75 bits per heavy atom. The van der Waals surface area contributed by atoms with Crippen LogP contribution in [0, 0.1) is 0 Å². The van der Waals surface area contributed by atoms with Crippen molar-refractivity contribution in [1.29, 1.82) is 0 Å². The number of methoxy groups -OCH3 is 1. The molecule has 3 N–H and O–H groups in total. The zero-order chi connectivity index (χ0) is 11.6. The maximum absolute atomic E-state index is 5.73. The van der Waals surface area contributed by atoms with Gasteiger partial charge >= 0.3 is 0 Å². The van der Waals surface area contributed by atoms with Gasteiger partial charge in [-0.15, -0.1) is 0 Å². The van der Waals surface area contributed by atoms with Crippen molar-refractivity contribution in [3.8, 4) is 5.88 Å². The topological polar surface area (TPSA) is 60.2 Å². The fraction of sp³-hybridized carbons (Fsp3) is 0.583. The van der Waals surface area contributed by atoms with E-state index in [9.17, 15) is 0 Å². The SMILES string of the molecule is CCC1(Nc2ccc(N)c(OC)n2)CCC1. The Bertz CT molecular complexity index is 369. The minimum absolute atomic E-state index is 0.244. The summed E-state index contributed by atoms with van der Waals surface area (Å²) in [4.78, 5) is 4.35. The van der Waals surface area contributed by atoms with Crippen LogP contribution < -0.4 is 15.8 Å². The Balaban J connectivity index is 2.15. The van der Waals surface area contributed by atoms with Gasteiger partial charge in [0.15, 0.2) is 0 Å². The molecule has 0 aromatic carbocycles. The van der Waals surface area contributed by atoms with Gasteiger partial charge in [0, 0.05) is 5.54 Å². The quantitative estimate of drug-likeness (QED) is 0.819. The largest absolute Gasteiger partial charge is 0.479 e. The zero-order valence-electron chi connectivity index (χ0n) is 9.92. The predicted octanol–water partition coefficient (Wildman–Crippen LogP) is 2.42. The smallest absolute Gasteiger partial charge is 0.238 e. The summed E-state index contributed by atoms with van der Waals surface area (Å²) in [5.41, 5.74) is 6.55. The van der Waals surface area contributed by atoms with E-state index in [1.807, 2.05) is 12.1 Å². The lowest BCUT2D eigenvalue weighted by molar-refractivity contribution is 0.268. The lowest BCUT2D eigenvalue weighted by Gasteiger charge is -2.42. The Labute approximate surface area is 96.2 Å². The van der Waals surface area contributed by atoms with Crippen molar-refractivity contribution in [3.63, 3.8) is 0 Å². The molecule has 0 atom stereocenters. The molecule has 0 aliphatic heterocycles. The number of nitrogens with zero attached hydrogens (tertiary/aromatic N) is 1. The maximum Gasteiger partial charge on any atom is 0.238 e. The van der Waals surface area contributed by atoms with Crippen LogP contribution in [0.3, 0.4) is 0 Å². The van der Waals surface area contributed by atoms with Crippen molar-refractivity contribution in [1.82, 2.24) is 4.98 Å². The van der Waals surface area contributed by atoms with Crippen molar-refractivity contribution in [2.75, 3.05) is 18.2 Å².